The highest BCUT2D eigenvalue weighted by Crippen LogP contribution is 2.31. The molecule has 1 aliphatic rings. The van der Waals surface area contributed by atoms with Crippen LogP contribution in [0.15, 0.2) is 22.9 Å². The van der Waals surface area contributed by atoms with Crippen LogP contribution in [0.25, 0.3) is 0 Å². The molecule has 0 spiro atoms. The summed E-state index contributed by atoms with van der Waals surface area (Å²) in [5.41, 5.74) is 0. The largest absolute Gasteiger partial charge is 0.490 e. The fourth-order valence-electron chi connectivity index (χ4n) is 3.14. The Morgan fingerprint density at radius 3 is 2.92 bits per heavy atom. The predicted molar refractivity (Wildman–Crippen MR) is 87.7 cm³/mol. The molecular formula is C16H21N5O4. The zero-order valence-electron chi connectivity index (χ0n) is 14.1. The van der Waals surface area contributed by atoms with Gasteiger partial charge in [-0.1, -0.05) is 24.7 Å². The quantitative estimate of drug-likeness (QED) is 0.607. The third-order valence-corrected chi connectivity index (χ3v) is 4.42. The molecule has 1 atom stereocenters. The molecule has 2 aromatic rings. The Hall–Kier alpha value is -2.71. The van der Waals surface area contributed by atoms with Crippen LogP contribution in [0, 0.1) is 10.1 Å². The molecule has 1 saturated heterocycles. The first-order valence-corrected chi connectivity index (χ1v) is 8.50. The van der Waals surface area contributed by atoms with E-state index in [2.05, 4.69) is 10.1 Å². The van der Waals surface area contributed by atoms with Crippen LogP contribution >= 0.6 is 0 Å². The lowest BCUT2D eigenvalue weighted by atomic mass is 10.1. The molecule has 3 rings (SSSR count). The number of hydrogen-bond donors (Lipinski definition) is 0. The molecule has 0 aromatic carbocycles. The Kier molecular flexibility index (Phi) is 5.11. The fraction of sp³-hybridized carbons (Fsp3) is 0.562. The number of furan rings is 1. The molecule has 0 unspecified atom stereocenters. The maximum atomic E-state index is 12.8. The maximum absolute atomic E-state index is 12.8. The summed E-state index contributed by atoms with van der Waals surface area (Å²) in [5.74, 6) is 1.07. The van der Waals surface area contributed by atoms with Gasteiger partial charge in [0.2, 0.25) is 12.2 Å². The van der Waals surface area contributed by atoms with E-state index in [9.17, 15) is 14.9 Å². The first-order chi connectivity index (χ1) is 12.1. The van der Waals surface area contributed by atoms with E-state index in [1.807, 2.05) is 19.1 Å². The van der Waals surface area contributed by atoms with E-state index in [1.165, 1.54) is 11.0 Å². The van der Waals surface area contributed by atoms with Gasteiger partial charge >= 0.3 is 5.95 Å². The molecule has 1 fully saturated rings. The molecule has 9 heteroatoms. The van der Waals surface area contributed by atoms with E-state index in [-0.39, 0.29) is 18.5 Å². The highest BCUT2D eigenvalue weighted by molar-refractivity contribution is 5.76. The molecule has 3 heterocycles. The summed E-state index contributed by atoms with van der Waals surface area (Å²) in [6, 6.07) is 3.79. The monoisotopic (exact) mass is 347 g/mol. The summed E-state index contributed by atoms with van der Waals surface area (Å²) < 4.78 is 7.09. The van der Waals surface area contributed by atoms with E-state index >= 15 is 0 Å². The molecule has 0 radical (unpaired) electrons. The van der Waals surface area contributed by atoms with Crippen LogP contribution in [-0.4, -0.2) is 37.0 Å². The first-order valence-electron chi connectivity index (χ1n) is 8.50. The zero-order valence-corrected chi connectivity index (χ0v) is 14.1. The summed E-state index contributed by atoms with van der Waals surface area (Å²) >= 11 is 0. The van der Waals surface area contributed by atoms with E-state index < -0.39 is 10.9 Å². The Bertz CT molecular complexity index is 753. The number of carbonyl (C=O) groups excluding carboxylic acids is 1. The van der Waals surface area contributed by atoms with Crippen molar-refractivity contribution in [3.05, 3.63) is 40.1 Å². The number of amides is 1. The van der Waals surface area contributed by atoms with Gasteiger partial charge in [0.05, 0.1) is 6.04 Å². The first kappa shape index (κ1) is 17.1. The van der Waals surface area contributed by atoms with Gasteiger partial charge in [-0.25, -0.2) is 0 Å². The van der Waals surface area contributed by atoms with Crippen molar-refractivity contribution in [1.29, 1.82) is 0 Å². The molecule has 9 nitrogen and oxygen atoms in total. The number of likely N-dealkylation sites (tertiary alicyclic amines) is 1. The SMILES string of the molecule is CCc1ccc([C@@H]2CCCCCN2C(=O)Cn2cnc([N+](=O)[O-])n2)o1. The van der Waals surface area contributed by atoms with Gasteiger partial charge in [0.25, 0.3) is 0 Å². The number of nitrogens with zero attached hydrogens (tertiary/aromatic N) is 5. The molecule has 0 N–H and O–H groups in total. The standard InChI is InChI=1S/C16H21N5O4/c1-2-12-7-8-14(25-12)13-6-4-3-5-9-20(13)15(22)10-19-11-17-16(18-19)21(23)24/h7-8,11,13H,2-6,9-10H2,1H3/t13-/m0/s1. The van der Waals surface area contributed by atoms with Crippen molar-refractivity contribution in [2.24, 2.45) is 0 Å². The molecule has 2 aromatic heterocycles. The number of aryl methyl sites for hydroxylation is 1. The normalized spacial score (nSPS) is 18.1. The van der Waals surface area contributed by atoms with Crippen molar-refractivity contribution < 1.29 is 14.1 Å². The van der Waals surface area contributed by atoms with Gasteiger partial charge in [-0.2, -0.15) is 4.68 Å². The third kappa shape index (κ3) is 3.86. The number of rotatable bonds is 5. The van der Waals surface area contributed by atoms with E-state index in [4.69, 9.17) is 4.42 Å². The summed E-state index contributed by atoms with van der Waals surface area (Å²) in [4.78, 5) is 28.2. The van der Waals surface area contributed by atoms with Crippen molar-refractivity contribution >= 4 is 11.9 Å². The number of hydrogen-bond acceptors (Lipinski definition) is 6. The van der Waals surface area contributed by atoms with Crippen LogP contribution in [-0.2, 0) is 17.8 Å². The van der Waals surface area contributed by atoms with Crippen LogP contribution < -0.4 is 0 Å². The van der Waals surface area contributed by atoms with Gasteiger partial charge in [-0.15, -0.1) is 0 Å². The van der Waals surface area contributed by atoms with Gasteiger partial charge in [0.15, 0.2) is 0 Å². The smallest absolute Gasteiger partial charge is 0.464 e. The molecular weight excluding hydrogens is 326 g/mol. The molecule has 1 amide bonds. The number of aromatic nitrogens is 3. The Balaban J connectivity index is 1.77. The third-order valence-electron chi connectivity index (χ3n) is 4.42. The van der Waals surface area contributed by atoms with Crippen LogP contribution in [0.5, 0.6) is 0 Å². The molecule has 0 aliphatic carbocycles. The highest BCUT2D eigenvalue weighted by atomic mass is 16.6. The second kappa shape index (κ2) is 7.45. The van der Waals surface area contributed by atoms with Gasteiger partial charge in [-0.05, 0) is 29.9 Å². The summed E-state index contributed by atoms with van der Waals surface area (Å²) in [6.07, 6.45) is 5.90. The van der Waals surface area contributed by atoms with Crippen molar-refractivity contribution in [3.8, 4) is 0 Å². The molecule has 25 heavy (non-hydrogen) atoms. The minimum absolute atomic E-state index is 0.0708. The molecule has 1 aliphatic heterocycles. The average molecular weight is 347 g/mol. The second-order valence-electron chi connectivity index (χ2n) is 6.11. The lowest BCUT2D eigenvalue weighted by Crippen LogP contribution is -2.37. The van der Waals surface area contributed by atoms with Gasteiger partial charge < -0.3 is 19.4 Å². The fourth-order valence-corrected chi connectivity index (χ4v) is 3.14. The summed E-state index contributed by atoms with van der Waals surface area (Å²) in [7, 11) is 0. The van der Waals surface area contributed by atoms with Crippen molar-refractivity contribution in [3.63, 3.8) is 0 Å². The van der Waals surface area contributed by atoms with Gasteiger partial charge in [-0.3, -0.25) is 4.79 Å². The van der Waals surface area contributed by atoms with Gasteiger partial charge in [0, 0.05) is 18.1 Å². The summed E-state index contributed by atoms with van der Waals surface area (Å²) in [5, 5.41) is 14.4. The molecule has 0 saturated carbocycles. The molecule has 134 valence electrons. The Labute approximate surface area is 144 Å². The van der Waals surface area contributed by atoms with Crippen molar-refractivity contribution in [2.45, 2.75) is 51.6 Å². The van der Waals surface area contributed by atoms with Crippen molar-refractivity contribution in [2.75, 3.05) is 6.54 Å². The average Bonchev–Trinajstić information content (AvgIpc) is 3.19. The van der Waals surface area contributed by atoms with Crippen LogP contribution in [0.4, 0.5) is 5.95 Å². The van der Waals surface area contributed by atoms with Gasteiger partial charge in [0.1, 0.15) is 18.1 Å². The van der Waals surface area contributed by atoms with Crippen molar-refractivity contribution in [1.82, 2.24) is 19.7 Å². The Morgan fingerprint density at radius 1 is 1.40 bits per heavy atom. The number of carbonyl (C=O) groups is 1. The zero-order chi connectivity index (χ0) is 17.8. The van der Waals surface area contributed by atoms with E-state index in [0.717, 1.165) is 43.6 Å². The lowest BCUT2D eigenvalue weighted by Gasteiger charge is -2.28. The van der Waals surface area contributed by atoms with E-state index in [0.29, 0.717) is 6.54 Å². The second-order valence-corrected chi connectivity index (χ2v) is 6.11. The van der Waals surface area contributed by atoms with Crippen LogP contribution in [0.3, 0.4) is 0 Å². The number of nitro groups is 1. The minimum Gasteiger partial charge on any atom is -0.464 e. The maximum Gasteiger partial charge on any atom is 0.490 e. The lowest BCUT2D eigenvalue weighted by molar-refractivity contribution is -0.394. The minimum atomic E-state index is -0.676. The highest BCUT2D eigenvalue weighted by Gasteiger charge is 2.30. The van der Waals surface area contributed by atoms with E-state index in [1.54, 1.807) is 4.90 Å². The predicted octanol–water partition coefficient (Wildman–Crippen LogP) is 2.49. The summed E-state index contributed by atoms with van der Waals surface area (Å²) in [6.45, 7) is 2.59. The Morgan fingerprint density at radius 2 is 2.24 bits per heavy atom. The van der Waals surface area contributed by atoms with Crippen LogP contribution in [0.2, 0.25) is 0 Å². The topological polar surface area (TPSA) is 107 Å². The molecule has 0 bridgehead atoms. The van der Waals surface area contributed by atoms with Crippen LogP contribution in [0.1, 0.15) is 50.2 Å².